The minimum absolute atomic E-state index is 0.296. The summed E-state index contributed by atoms with van der Waals surface area (Å²) in [4.78, 5) is 19.3. The summed E-state index contributed by atoms with van der Waals surface area (Å²) in [7, 11) is 0. The van der Waals surface area contributed by atoms with Crippen LogP contribution in [0.2, 0.25) is 0 Å². The van der Waals surface area contributed by atoms with Crippen molar-refractivity contribution in [3.05, 3.63) is 0 Å². The molecule has 0 aromatic heterocycles. The van der Waals surface area contributed by atoms with Gasteiger partial charge in [0.1, 0.15) is 0 Å². The standard InChI is InChI=1S/C4H6O4.C2H7N/c5-3(6)1-2-4(7)8;1-2-3/h1-2H2,(H,5,6)(H,7,8);2-3H2,1H3. The van der Waals surface area contributed by atoms with Crippen molar-refractivity contribution in [2.24, 2.45) is 5.73 Å². The highest BCUT2D eigenvalue weighted by molar-refractivity contribution is 5.75. The van der Waals surface area contributed by atoms with E-state index in [1.807, 2.05) is 6.92 Å². The van der Waals surface area contributed by atoms with Gasteiger partial charge in [-0.3, -0.25) is 9.59 Å². The molecule has 0 radical (unpaired) electrons. The first kappa shape index (κ1) is 12.6. The molecule has 66 valence electrons. The Kier molecular flexibility index (Phi) is 10.2. The second-order valence-corrected chi connectivity index (χ2v) is 1.70. The SMILES string of the molecule is CCN.O=C(O)CCC(=O)O. The molecule has 0 amide bonds. The third kappa shape index (κ3) is 27.9. The number of rotatable bonds is 3. The maximum Gasteiger partial charge on any atom is 0.303 e. The minimum atomic E-state index is -1.08. The molecule has 0 bridgehead atoms. The fraction of sp³-hybridized carbons (Fsp3) is 0.667. The molecule has 0 atom stereocenters. The Morgan fingerprint density at radius 2 is 1.36 bits per heavy atom. The monoisotopic (exact) mass is 163 g/mol. The van der Waals surface area contributed by atoms with Crippen molar-refractivity contribution in [2.75, 3.05) is 6.54 Å². The van der Waals surface area contributed by atoms with Gasteiger partial charge < -0.3 is 15.9 Å². The molecule has 0 aromatic carbocycles. The molecule has 0 saturated carbocycles. The van der Waals surface area contributed by atoms with Crippen LogP contribution in [0.25, 0.3) is 0 Å². The summed E-state index contributed by atoms with van der Waals surface area (Å²) in [6.45, 7) is 2.65. The second kappa shape index (κ2) is 8.90. The largest absolute Gasteiger partial charge is 0.481 e. The molecule has 0 fully saturated rings. The summed E-state index contributed by atoms with van der Waals surface area (Å²) >= 11 is 0. The highest BCUT2D eigenvalue weighted by Gasteiger charge is 2.00. The maximum absolute atomic E-state index is 9.64. The van der Waals surface area contributed by atoms with Crippen LogP contribution in [0.5, 0.6) is 0 Å². The second-order valence-electron chi connectivity index (χ2n) is 1.70. The zero-order chi connectivity index (χ0) is 9.28. The van der Waals surface area contributed by atoms with Gasteiger partial charge in [-0.05, 0) is 6.54 Å². The third-order valence-corrected chi connectivity index (χ3v) is 0.553. The Balaban J connectivity index is 0. The number of hydrogen-bond donors (Lipinski definition) is 3. The highest BCUT2D eigenvalue weighted by atomic mass is 16.4. The van der Waals surface area contributed by atoms with Gasteiger partial charge in [-0.1, -0.05) is 6.92 Å². The average molecular weight is 163 g/mol. The molecule has 0 aliphatic carbocycles. The number of carboxylic acid groups (broad SMARTS) is 2. The van der Waals surface area contributed by atoms with Crippen LogP contribution in [0, 0.1) is 0 Å². The molecular weight excluding hydrogens is 150 g/mol. The normalized spacial score (nSPS) is 7.82. The maximum atomic E-state index is 9.64. The van der Waals surface area contributed by atoms with Crippen molar-refractivity contribution >= 4 is 11.9 Å². The van der Waals surface area contributed by atoms with Crippen LogP contribution >= 0.6 is 0 Å². The predicted molar refractivity (Wildman–Crippen MR) is 39.2 cm³/mol. The molecule has 0 spiro atoms. The molecule has 0 aliphatic heterocycles. The lowest BCUT2D eigenvalue weighted by Crippen LogP contribution is -2.00. The molecule has 5 nitrogen and oxygen atoms in total. The zero-order valence-corrected chi connectivity index (χ0v) is 6.41. The minimum Gasteiger partial charge on any atom is -0.481 e. The molecule has 0 aromatic rings. The highest BCUT2D eigenvalue weighted by Crippen LogP contribution is 1.85. The van der Waals surface area contributed by atoms with E-state index in [0.29, 0.717) is 0 Å². The van der Waals surface area contributed by atoms with Crippen LogP contribution in [-0.2, 0) is 9.59 Å². The van der Waals surface area contributed by atoms with Gasteiger partial charge in [0.25, 0.3) is 0 Å². The van der Waals surface area contributed by atoms with E-state index in [1.54, 1.807) is 0 Å². The number of aliphatic carboxylic acids is 2. The number of carboxylic acids is 2. The van der Waals surface area contributed by atoms with Crippen LogP contribution in [0.15, 0.2) is 0 Å². The first-order valence-corrected chi connectivity index (χ1v) is 3.18. The van der Waals surface area contributed by atoms with Gasteiger partial charge in [-0.2, -0.15) is 0 Å². The Hall–Kier alpha value is -1.10. The third-order valence-electron chi connectivity index (χ3n) is 0.553. The summed E-state index contributed by atoms with van der Waals surface area (Å²) < 4.78 is 0. The summed E-state index contributed by atoms with van der Waals surface area (Å²) in [5, 5.41) is 15.8. The molecule has 11 heavy (non-hydrogen) atoms. The Morgan fingerprint density at radius 3 is 1.45 bits per heavy atom. The van der Waals surface area contributed by atoms with Gasteiger partial charge in [0.05, 0.1) is 12.8 Å². The van der Waals surface area contributed by atoms with Crippen molar-refractivity contribution in [3.8, 4) is 0 Å². The molecule has 0 heterocycles. The number of nitrogens with two attached hydrogens (primary N) is 1. The fourth-order valence-corrected chi connectivity index (χ4v) is 0.214. The lowest BCUT2D eigenvalue weighted by atomic mass is 10.3. The Bertz CT molecular complexity index is 110. The van der Waals surface area contributed by atoms with E-state index in [1.165, 1.54) is 0 Å². The van der Waals surface area contributed by atoms with Gasteiger partial charge in [-0.15, -0.1) is 0 Å². The Labute approximate surface area is 64.8 Å². The fourth-order valence-electron chi connectivity index (χ4n) is 0.214. The summed E-state index contributed by atoms with van der Waals surface area (Å²) in [5.41, 5.74) is 4.85. The van der Waals surface area contributed by atoms with E-state index in [0.717, 1.165) is 6.54 Å². The van der Waals surface area contributed by atoms with Crippen molar-refractivity contribution in [2.45, 2.75) is 19.8 Å². The van der Waals surface area contributed by atoms with E-state index < -0.39 is 11.9 Å². The van der Waals surface area contributed by atoms with Gasteiger partial charge >= 0.3 is 11.9 Å². The van der Waals surface area contributed by atoms with Gasteiger partial charge in [0, 0.05) is 0 Å². The predicted octanol–water partition coefficient (Wildman–Crippen LogP) is -0.0992. The van der Waals surface area contributed by atoms with Gasteiger partial charge in [-0.25, -0.2) is 0 Å². The van der Waals surface area contributed by atoms with E-state index in [-0.39, 0.29) is 12.8 Å². The van der Waals surface area contributed by atoms with E-state index in [4.69, 9.17) is 15.9 Å². The first-order chi connectivity index (χ1) is 5.04. The molecule has 0 rings (SSSR count). The summed E-state index contributed by atoms with van der Waals surface area (Å²) in [5.74, 6) is -2.15. The quantitative estimate of drug-likeness (QED) is 0.539. The van der Waals surface area contributed by atoms with Crippen molar-refractivity contribution < 1.29 is 19.8 Å². The van der Waals surface area contributed by atoms with E-state index in [2.05, 4.69) is 0 Å². The summed E-state index contributed by atoms with van der Waals surface area (Å²) in [6.07, 6.45) is -0.593. The first-order valence-electron chi connectivity index (χ1n) is 3.18. The van der Waals surface area contributed by atoms with Gasteiger partial charge in [0.2, 0.25) is 0 Å². The number of hydrogen-bond acceptors (Lipinski definition) is 3. The molecule has 0 saturated heterocycles. The smallest absolute Gasteiger partial charge is 0.303 e. The van der Waals surface area contributed by atoms with Crippen molar-refractivity contribution in [1.82, 2.24) is 0 Å². The van der Waals surface area contributed by atoms with Crippen molar-refractivity contribution in [1.29, 1.82) is 0 Å². The van der Waals surface area contributed by atoms with E-state index >= 15 is 0 Å². The molecular formula is C6H13NO4. The molecule has 5 heteroatoms. The lowest BCUT2D eigenvalue weighted by Gasteiger charge is -1.85. The van der Waals surface area contributed by atoms with E-state index in [9.17, 15) is 9.59 Å². The van der Waals surface area contributed by atoms with Crippen LogP contribution in [0.1, 0.15) is 19.8 Å². The van der Waals surface area contributed by atoms with Crippen LogP contribution in [-0.4, -0.2) is 28.7 Å². The zero-order valence-electron chi connectivity index (χ0n) is 6.41. The molecule has 0 unspecified atom stereocenters. The average Bonchev–Trinajstić information content (AvgIpc) is 1.85. The summed E-state index contributed by atoms with van der Waals surface area (Å²) in [6, 6.07) is 0. The van der Waals surface area contributed by atoms with Crippen LogP contribution < -0.4 is 5.73 Å². The van der Waals surface area contributed by atoms with Crippen LogP contribution in [0.3, 0.4) is 0 Å². The molecule has 0 aliphatic rings. The van der Waals surface area contributed by atoms with Crippen LogP contribution in [0.4, 0.5) is 0 Å². The Morgan fingerprint density at radius 1 is 1.18 bits per heavy atom. The topological polar surface area (TPSA) is 101 Å². The van der Waals surface area contributed by atoms with Crippen molar-refractivity contribution in [3.63, 3.8) is 0 Å². The van der Waals surface area contributed by atoms with Gasteiger partial charge in [0.15, 0.2) is 0 Å². The number of carbonyl (C=O) groups is 2. The lowest BCUT2D eigenvalue weighted by molar-refractivity contribution is -0.143. The molecule has 4 N–H and O–H groups in total.